The summed E-state index contributed by atoms with van der Waals surface area (Å²) in [7, 11) is 1.85. The molecule has 3 N–H and O–H groups in total. The third kappa shape index (κ3) is 5.76. The summed E-state index contributed by atoms with van der Waals surface area (Å²) < 4.78 is 7.59. The van der Waals surface area contributed by atoms with E-state index in [-0.39, 0.29) is 49.5 Å². The molecule has 0 bridgehead atoms. The van der Waals surface area contributed by atoms with Crippen molar-refractivity contribution in [1.82, 2.24) is 30.4 Å². The van der Waals surface area contributed by atoms with Crippen LogP contribution in [0, 0.1) is 5.92 Å². The molecule has 2 heterocycles. The SMILES string of the molecule is CNC[C@@H]1Oc2ccc(NC(=O)Cn3cnnn3)cc2CC(=O)N([C@H](C)CO)C[C@H]1C. The number of aliphatic hydroxyl groups excluding tert-OH is 1. The fourth-order valence-electron chi connectivity index (χ4n) is 3.55. The summed E-state index contributed by atoms with van der Waals surface area (Å²) >= 11 is 0. The van der Waals surface area contributed by atoms with Gasteiger partial charge in [-0.2, -0.15) is 0 Å². The Kier molecular flexibility index (Phi) is 7.53. The number of ether oxygens (including phenoxy) is 1. The van der Waals surface area contributed by atoms with Crippen molar-refractivity contribution in [2.75, 3.05) is 32.1 Å². The number of fused-ring (bicyclic) bond motifs is 1. The number of tetrazole rings is 1. The third-order valence-electron chi connectivity index (χ3n) is 5.30. The highest BCUT2D eigenvalue weighted by molar-refractivity contribution is 5.91. The van der Waals surface area contributed by atoms with Crippen molar-refractivity contribution in [2.45, 2.75) is 39.0 Å². The van der Waals surface area contributed by atoms with Crippen molar-refractivity contribution in [2.24, 2.45) is 5.92 Å². The minimum Gasteiger partial charge on any atom is -0.488 e. The van der Waals surface area contributed by atoms with Crippen molar-refractivity contribution in [3.05, 3.63) is 30.1 Å². The number of amides is 2. The predicted molar refractivity (Wildman–Crippen MR) is 112 cm³/mol. The van der Waals surface area contributed by atoms with Crippen LogP contribution in [-0.4, -0.2) is 80.9 Å². The third-order valence-corrected chi connectivity index (χ3v) is 5.30. The Bertz CT molecular complexity index is 890. The molecule has 0 radical (unpaired) electrons. The summed E-state index contributed by atoms with van der Waals surface area (Å²) in [6, 6.07) is 4.97. The van der Waals surface area contributed by atoms with Gasteiger partial charge in [0, 0.05) is 30.3 Å². The molecule has 2 aromatic rings. The number of benzene rings is 1. The number of nitrogens with zero attached hydrogens (tertiary/aromatic N) is 5. The Labute approximate surface area is 180 Å². The summed E-state index contributed by atoms with van der Waals surface area (Å²) in [4.78, 5) is 27.1. The van der Waals surface area contributed by atoms with Gasteiger partial charge in [0.2, 0.25) is 11.8 Å². The minimum atomic E-state index is -0.300. The second-order valence-electron chi connectivity index (χ2n) is 7.82. The molecule has 1 aliphatic heterocycles. The van der Waals surface area contributed by atoms with Gasteiger partial charge in [0.1, 0.15) is 24.7 Å². The Balaban J connectivity index is 1.85. The van der Waals surface area contributed by atoms with Crippen molar-refractivity contribution in [3.8, 4) is 5.75 Å². The number of carbonyl (C=O) groups excluding carboxylic acids is 2. The number of aliphatic hydroxyl groups is 1. The Morgan fingerprint density at radius 3 is 2.90 bits per heavy atom. The highest BCUT2D eigenvalue weighted by Gasteiger charge is 2.30. The maximum atomic E-state index is 13.1. The fraction of sp³-hybridized carbons (Fsp3) is 0.550. The van der Waals surface area contributed by atoms with E-state index in [1.165, 1.54) is 11.0 Å². The zero-order valence-electron chi connectivity index (χ0n) is 18.0. The maximum Gasteiger partial charge on any atom is 0.246 e. The lowest BCUT2D eigenvalue weighted by atomic mass is 10.0. The van der Waals surface area contributed by atoms with E-state index in [0.29, 0.717) is 30.1 Å². The average Bonchev–Trinajstić information content (AvgIpc) is 3.25. The molecule has 0 spiro atoms. The number of carbonyl (C=O) groups is 2. The largest absolute Gasteiger partial charge is 0.488 e. The second kappa shape index (κ2) is 10.3. The molecule has 11 nitrogen and oxygen atoms in total. The van der Waals surface area contributed by atoms with Crippen molar-refractivity contribution in [1.29, 1.82) is 0 Å². The summed E-state index contributed by atoms with van der Waals surface area (Å²) in [5.41, 5.74) is 1.23. The molecule has 1 aromatic carbocycles. The minimum absolute atomic E-state index is 0.0247. The van der Waals surface area contributed by atoms with Crippen molar-refractivity contribution >= 4 is 17.5 Å². The lowest BCUT2D eigenvalue weighted by Gasteiger charge is -2.32. The van der Waals surface area contributed by atoms with Crippen molar-refractivity contribution < 1.29 is 19.4 Å². The highest BCUT2D eigenvalue weighted by Crippen LogP contribution is 2.28. The molecule has 0 unspecified atom stereocenters. The molecule has 168 valence electrons. The number of hydrogen-bond donors (Lipinski definition) is 3. The van der Waals surface area contributed by atoms with Gasteiger partial charge in [-0.25, -0.2) is 4.68 Å². The first kappa shape index (κ1) is 22.6. The van der Waals surface area contributed by atoms with E-state index in [0.717, 1.165) is 0 Å². The van der Waals surface area contributed by atoms with Crippen LogP contribution in [-0.2, 0) is 22.6 Å². The Morgan fingerprint density at radius 2 is 2.23 bits per heavy atom. The normalized spacial score (nSPS) is 20.1. The number of nitrogens with one attached hydrogen (secondary N) is 2. The molecule has 3 atom stereocenters. The van der Waals surface area contributed by atoms with Gasteiger partial charge < -0.3 is 25.4 Å². The van der Waals surface area contributed by atoms with Crippen molar-refractivity contribution in [3.63, 3.8) is 0 Å². The van der Waals surface area contributed by atoms with E-state index in [2.05, 4.69) is 26.2 Å². The van der Waals surface area contributed by atoms with E-state index in [1.54, 1.807) is 23.1 Å². The molecular formula is C20H29N7O4. The molecule has 11 heteroatoms. The number of aromatic nitrogens is 4. The molecule has 31 heavy (non-hydrogen) atoms. The summed E-state index contributed by atoms with van der Waals surface area (Å²) in [5, 5.41) is 26.3. The topological polar surface area (TPSA) is 134 Å². The molecule has 0 saturated carbocycles. The first-order valence-electron chi connectivity index (χ1n) is 10.3. The highest BCUT2D eigenvalue weighted by atomic mass is 16.5. The van der Waals surface area contributed by atoms with Gasteiger partial charge in [0.25, 0.3) is 0 Å². The van der Waals surface area contributed by atoms with Crippen LogP contribution >= 0.6 is 0 Å². The number of likely N-dealkylation sites (N-methyl/N-ethyl adjacent to an activating group) is 1. The molecule has 0 fully saturated rings. The number of anilines is 1. The van der Waals surface area contributed by atoms with Crippen LogP contribution in [0.4, 0.5) is 5.69 Å². The van der Waals surface area contributed by atoms with Crippen LogP contribution in [0.25, 0.3) is 0 Å². The van der Waals surface area contributed by atoms with Crippen LogP contribution < -0.4 is 15.4 Å². The Morgan fingerprint density at radius 1 is 1.42 bits per heavy atom. The van der Waals surface area contributed by atoms with E-state index < -0.39 is 0 Å². The van der Waals surface area contributed by atoms with Gasteiger partial charge in [0.15, 0.2) is 0 Å². The quantitative estimate of drug-likeness (QED) is 0.543. The van der Waals surface area contributed by atoms with Crippen LogP contribution in [0.1, 0.15) is 19.4 Å². The summed E-state index contributed by atoms with van der Waals surface area (Å²) in [5.74, 6) is 0.268. The molecular weight excluding hydrogens is 402 g/mol. The molecule has 0 aliphatic carbocycles. The number of rotatable bonds is 7. The van der Waals surface area contributed by atoms with Gasteiger partial charge in [-0.05, 0) is 42.6 Å². The lowest BCUT2D eigenvalue weighted by Crippen LogP contribution is -2.47. The first-order chi connectivity index (χ1) is 14.9. The standard InChI is InChI=1S/C20H29N7O4/c1-13-9-27(14(2)11-28)20(30)7-15-6-16(4-5-17(15)31-18(13)8-21-3)23-19(29)10-26-12-22-24-25-26/h4-6,12-14,18,21,28H,7-11H2,1-3H3,(H,23,29)/t13-,14-,18+/m1/s1. The summed E-state index contributed by atoms with van der Waals surface area (Å²) in [6.45, 7) is 4.81. The van der Waals surface area contributed by atoms with Gasteiger partial charge in [-0.1, -0.05) is 6.92 Å². The van der Waals surface area contributed by atoms with E-state index in [9.17, 15) is 14.7 Å². The van der Waals surface area contributed by atoms with E-state index in [1.807, 2.05) is 20.9 Å². The smallest absolute Gasteiger partial charge is 0.246 e. The second-order valence-corrected chi connectivity index (χ2v) is 7.82. The molecule has 1 aliphatic rings. The monoisotopic (exact) mass is 431 g/mol. The van der Waals surface area contributed by atoms with Crippen LogP contribution in [0.15, 0.2) is 24.5 Å². The van der Waals surface area contributed by atoms with Crippen LogP contribution in [0.3, 0.4) is 0 Å². The van der Waals surface area contributed by atoms with E-state index in [4.69, 9.17) is 4.74 Å². The zero-order valence-corrected chi connectivity index (χ0v) is 18.0. The molecule has 0 saturated heterocycles. The van der Waals surface area contributed by atoms with Crippen LogP contribution in [0.2, 0.25) is 0 Å². The van der Waals surface area contributed by atoms with Gasteiger partial charge in [-0.3, -0.25) is 9.59 Å². The maximum absolute atomic E-state index is 13.1. The van der Waals surface area contributed by atoms with Crippen LogP contribution in [0.5, 0.6) is 5.75 Å². The first-order valence-corrected chi connectivity index (χ1v) is 10.3. The molecule has 3 rings (SSSR count). The Hall–Kier alpha value is -3.05. The average molecular weight is 431 g/mol. The summed E-state index contributed by atoms with van der Waals surface area (Å²) in [6.07, 6.45) is 1.30. The molecule has 2 amide bonds. The lowest BCUT2D eigenvalue weighted by molar-refractivity contribution is -0.134. The van der Waals surface area contributed by atoms with Gasteiger partial charge in [-0.15, -0.1) is 5.10 Å². The molecule has 1 aromatic heterocycles. The number of hydrogen-bond acceptors (Lipinski definition) is 8. The van der Waals surface area contributed by atoms with E-state index >= 15 is 0 Å². The van der Waals surface area contributed by atoms with Gasteiger partial charge in [0.05, 0.1) is 19.1 Å². The zero-order chi connectivity index (χ0) is 22.4. The predicted octanol–water partition coefficient (Wildman–Crippen LogP) is -0.320. The fourth-order valence-corrected chi connectivity index (χ4v) is 3.55. The van der Waals surface area contributed by atoms with Gasteiger partial charge >= 0.3 is 0 Å².